The van der Waals surface area contributed by atoms with Crippen LogP contribution >= 0.6 is 0 Å². The molecule has 0 saturated carbocycles. The van der Waals surface area contributed by atoms with Gasteiger partial charge in [0.15, 0.2) is 0 Å². The third-order valence-electron chi connectivity index (χ3n) is 2.60. The van der Waals surface area contributed by atoms with Crippen molar-refractivity contribution in [2.75, 3.05) is 6.61 Å². The normalized spacial score (nSPS) is 26.3. The summed E-state index contributed by atoms with van der Waals surface area (Å²) in [6.45, 7) is 3.53. The van der Waals surface area contributed by atoms with Gasteiger partial charge in [-0.3, -0.25) is 4.68 Å². The topological polar surface area (TPSA) is 50.8 Å². The second-order valence-corrected chi connectivity index (χ2v) is 3.39. The monoisotopic (exact) mass is 191 g/mol. The molecule has 0 spiro atoms. The minimum absolute atomic E-state index is 0.0167. The fourth-order valence-electron chi connectivity index (χ4n) is 1.86. The Hall–Kier alpha value is -1.34. The van der Waals surface area contributed by atoms with Gasteiger partial charge >= 0.3 is 0 Å². The Labute approximate surface area is 83.1 Å². The number of ether oxygens (including phenoxy) is 1. The summed E-state index contributed by atoms with van der Waals surface area (Å²) in [5.41, 5.74) is 1.02. The minimum atomic E-state index is -0.0811. The van der Waals surface area contributed by atoms with Crippen molar-refractivity contribution < 1.29 is 4.74 Å². The number of nitrogens with zero attached hydrogens (tertiary/aromatic N) is 3. The molecule has 2 rings (SSSR count). The van der Waals surface area contributed by atoms with Gasteiger partial charge in [-0.15, -0.1) is 0 Å². The predicted octanol–water partition coefficient (Wildman–Crippen LogP) is 1.50. The van der Waals surface area contributed by atoms with Gasteiger partial charge in [0, 0.05) is 19.3 Å². The highest BCUT2D eigenvalue weighted by Gasteiger charge is 2.31. The van der Waals surface area contributed by atoms with Gasteiger partial charge < -0.3 is 4.74 Å². The Bertz CT molecular complexity index is 352. The Balaban J connectivity index is 2.26. The molecule has 0 aromatic carbocycles. The maximum atomic E-state index is 8.94. The van der Waals surface area contributed by atoms with E-state index in [0.29, 0.717) is 6.61 Å². The Morgan fingerprint density at radius 1 is 1.79 bits per heavy atom. The Morgan fingerprint density at radius 3 is 3.36 bits per heavy atom. The van der Waals surface area contributed by atoms with Crippen LogP contribution in [-0.4, -0.2) is 16.4 Å². The van der Waals surface area contributed by atoms with E-state index in [1.807, 2.05) is 17.7 Å². The van der Waals surface area contributed by atoms with Crippen LogP contribution in [0.3, 0.4) is 0 Å². The molecular weight excluding hydrogens is 178 g/mol. The zero-order valence-electron chi connectivity index (χ0n) is 8.18. The number of nitriles is 1. The van der Waals surface area contributed by atoms with Crippen LogP contribution in [0.1, 0.15) is 25.1 Å². The van der Waals surface area contributed by atoms with Crippen LogP contribution in [0.4, 0.5) is 0 Å². The predicted molar refractivity (Wildman–Crippen MR) is 50.3 cm³/mol. The molecule has 1 fully saturated rings. The molecule has 0 bridgehead atoms. The van der Waals surface area contributed by atoms with Crippen LogP contribution in [0.15, 0.2) is 12.3 Å². The quantitative estimate of drug-likeness (QED) is 0.711. The van der Waals surface area contributed by atoms with Crippen LogP contribution in [0.25, 0.3) is 0 Å². The first-order valence-electron chi connectivity index (χ1n) is 4.89. The molecule has 0 radical (unpaired) electrons. The minimum Gasteiger partial charge on any atom is -0.371 e. The summed E-state index contributed by atoms with van der Waals surface area (Å²) in [4.78, 5) is 0. The summed E-state index contributed by atoms with van der Waals surface area (Å²) in [5.74, 6) is -0.0167. The lowest BCUT2D eigenvalue weighted by molar-refractivity contribution is 0.0932. The standard InChI is InChI=1S/C10H13N3O/c1-2-13-9(3-5-12-13)10-8(7-11)4-6-14-10/h3,5,8,10H,2,4,6H2,1H3/t8-,10+/m0/s1. The molecule has 1 aromatic heterocycles. The number of aryl methyl sites for hydroxylation is 1. The van der Waals surface area contributed by atoms with E-state index in [9.17, 15) is 0 Å². The second-order valence-electron chi connectivity index (χ2n) is 3.39. The molecule has 1 aromatic rings. The van der Waals surface area contributed by atoms with Crippen molar-refractivity contribution in [3.63, 3.8) is 0 Å². The van der Waals surface area contributed by atoms with E-state index < -0.39 is 0 Å². The fraction of sp³-hybridized carbons (Fsp3) is 0.600. The maximum absolute atomic E-state index is 8.94. The number of rotatable bonds is 2. The first kappa shape index (κ1) is 9.22. The van der Waals surface area contributed by atoms with E-state index in [1.54, 1.807) is 6.20 Å². The summed E-state index contributed by atoms with van der Waals surface area (Å²) in [5, 5.41) is 13.1. The Kier molecular flexibility index (Phi) is 2.51. The smallest absolute Gasteiger partial charge is 0.115 e. The summed E-state index contributed by atoms with van der Waals surface area (Å²) < 4.78 is 7.45. The van der Waals surface area contributed by atoms with Crippen LogP contribution in [0.5, 0.6) is 0 Å². The van der Waals surface area contributed by atoms with Crippen LogP contribution in [0, 0.1) is 17.2 Å². The lowest BCUT2D eigenvalue weighted by Gasteiger charge is -2.13. The van der Waals surface area contributed by atoms with Gasteiger partial charge in [0.25, 0.3) is 0 Å². The van der Waals surface area contributed by atoms with Crippen LogP contribution < -0.4 is 0 Å². The van der Waals surface area contributed by atoms with Gasteiger partial charge in [0.1, 0.15) is 6.10 Å². The van der Waals surface area contributed by atoms with Crippen molar-refractivity contribution in [3.8, 4) is 6.07 Å². The zero-order valence-corrected chi connectivity index (χ0v) is 8.18. The number of aromatic nitrogens is 2. The zero-order chi connectivity index (χ0) is 9.97. The third-order valence-corrected chi connectivity index (χ3v) is 2.60. The van der Waals surface area contributed by atoms with Gasteiger partial charge in [-0.2, -0.15) is 10.4 Å². The number of hydrogen-bond donors (Lipinski definition) is 0. The van der Waals surface area contributed by atoms with Gasteiger partial charge in [0.2, 0.25) is 0 Å². The van der Waals surface area contributed by atoms with Gasteiger partial charge in [-0.25, -0.2) is 0 Å². The van der Waals surface area contributed by atoms with E-state index in [1.165, 1.54) is 0 Å². The summed E-state index contributed by atoms with van der Waals surface area (Å²) >= 11 is 0. The lowest BCUT2D eigenvalue weighted by Crippen LogP contribution is -2.12. The molecule has 0 N–H and O–H groups in total. The first-order valence-corrected chi connectivity index (χ1v) is 4.89. The van der Waals surface area contributed by atoms with Crippen molar-refractivity contribution in [2.45, 2.75) is 26.0 Å². The molecule has 1 aliphatic rings. The molecule has 4 nitrogen and oxygen atoms in total. The van der Waals surface area contributed by atoms with Crippen LogP contribution in [-0.2, 0) is 11.3 Å². The largest absolute Gasteiger partial charge is 0.371 e. The van der Waals surface area contributed by atoms with Crippen molar-refractivity contribution in [2.24, 2.45) is 5.92 Å². The maximum Gasteiger partial charge on any atom is 0.115 e. The summed E-state index contributed by atoms with van der Waals surface area (Å²) in [7, 11) is 0. The molecule has 0 aliphatic carbocycles. The number of hydrogen-bond acceptors (Lipinski definition) is 3. The average molecular weight is 191 g/mol. The van der Waals surface area contributed by atoms with E-state index in [-0.39, 0.29) is 12.0 Å². The molecule has 14 heavy (non-hydrogen) atoms. The lowest BCUT2D eigenvalue weighted by atomic mass is 10.0. The van der Waals surface area contributed by atoms with Crippen molar-refractivity contribution >= 4 is 0 Å². The van der Waals surface area contributed by atoms with E-state index in [2.05, 4.69) is 11.2 Å². The highest BCUT2D eigenvalue weighted by Crippen LogP contribution is 2.33. The first-order chi connectivity index (χ1) is 6.86. The Morgan fingerprint density at radius 2 is 2.64 bits per heavy atom. The summed E-state index contributed by atoms with van der Waals surface area (Å²) in [6.07, 6.45) is 2.51. The molecule has 0 amide bonds. The highest BCUT2D eigenvalue weighted by molar-refractivity contribution is 5.11. The molecular formula is C10H13N3O. The fourth-order valence-corrected chi connectivity index (χ4v) is 1.86. The van der Waals surface area contributed by atoms with E-state index in [4.69, 9.17) is 10.00 Å². The van der Waals surface area contributed by atoms with Crippen molar-refractivity contribution in [1.82, 2.24) is 9.78 Å². The van der Waals surface area contributed by atoms with Gasteiger partial charge in [-0.05, 0) is 19.4 Å². The average Bonchev–Trinajstić information content (AvgIpc) is 2.85. The highest BCUT2D eigenvalue weighted by atomic mass is 16.5. The van der Waals surface area contributed by atoms with Gasteiger partial charge in [-0.1, -0.05) is 0 Å². The van der Waals surface area contributed by atoms with Gasteiger partial charge in [0.05, 0.1) is 17.7 Å². The molecule has 4 heteroatoms. The molecule has 1 aliphatic heterocycles. The molecule has 0 unspecified atom stereocenters. The summed E-state index contributed by atoms with van der Waals surface area (Å²) in [6, 6.07) is 4.22. The SMILES string of the molecule is CCn1nccc1[C@@H]1OCC[C@H]1C#N. The molecule has 74 valence electrons. The van der Waals surface area contributed by atoms with Crippen LogP contribution in [0.2, 0.25) is 0 Å². The van der Waals surface area contributed by atoms with Crippen molar-refractivity contribution in [3.05, 3.63) is 18.0 Å². The molecule has 2 atom stereocenters. The molecule has 1 saturated heterocycles. The van der Waals surface area contributed by atoms with E-state index in [0.717, 1.165) is 18.7 Å². The third kappa shape index (κ3) is 1.40. The molecule has 2 heterocycles. The van der Waals surface area contributed by atoms with Crippen molar-refractivity contribution in [1.29, 1.82) is 5.26 Å². The van der Waals surface area contributed by atoms with E-state index >= 15 is 0 Å². The second kappa shape index (κ2) is 3.81.